The molecule has 0 spiro atoms. The van der Waals surface area contributed by atoms with Crippen molar-refractivity contribution in [1.82, 2.24) is 5.32 Å². The summed E-state index contributed by atoms with van der Waals surface area (Å²) in [5, 5.41) is 3.35. The highest BCUT2D eigenvalue weighted by Crippen LogP contribution is 2.29. The molecule has 5 heteroatoms. The van der Waals surface area contributed by atoms with Gasteiger partial charge in [-0.15, -0.1) is 0 Å². The number of sulfone groups is 1. The number of anilines is 1. The Bertz CT molecular complexity index is 537. The van der Waals surface area contributed by atoms with Crippen LogP contribution in [0.2, 0.25) is 0 Å². The molecule has 1 heterocycles. The Kier molecular flexibility index (Phi) is 5.05. The third-order valence-electron chi connectivity index (χ3n) is 3.80. The largest absolute Gasteiger partial charge is 0.366 e. The second-order valence-corrected chi connectivity index (χ2v) is 7.30. The van der Waals surface area contributed by atoms with E-state index < -0.39 is 9.84 Å². The van der Waals surface area contributed by atoms with Crippen LogP contribution in [0.4, 0.5) is 5.69 Å². The number of nitrogens with one attached hydrogen (secondary N) is 1. The Morgan fingerprint density at radius 2 is 2.05 bits per heavy atom. The first-order valence-electron chi connectivity index (χ1n) is 7.39. The van der Waals surface area contributed by atoms with Crippen LogP contribution in [0.25, 0.3) is 0 Å². The third-order valence-corrected chi connectivity index (χ3v) is 5.76. The summed E-state index contributed by atoms with van der Waals surface area (Å²) < 4.78 is 24.9. The number of para-hydroxylation sites is 1. The highest BCUT2D eigenvalue weighted by Gasteiger charge is 2.26. The van der Waals surface area contributed by atoms with Crippen LogP contribution in [0.15, 0.2) is 29.2 Å². The van der Waals surface area contributed by atoms with Crippen LogP contribution in [0, 0.1) is 0 Å². The summed E-state index contributed by atoms with van der Waals surface area (Å²) in [6.07, 6.45) is 1.71. The van der Waals surface area contributed by atoms with E-state index >= 15 is 0 Å². The molecule has 1 atom stereocenters. The molecule has 1 aromatic rings. The van der Waals surface area contributed by atoms with Gasteiger partial charge in [0.05, 0.1) is 16.3 Å². The van der Waals surface area contributed by atoms with Crippen molar-refractivity contribution in [1.29, 1.82) is 0 Å². The van der Waals surface area contributed by atoms with Gasteiger partial charge in [0, 0.05) is 19.1 Å². The second-order valence-electron chi connectivity index (χ2n) is 5.22. The molecule has 20 heavy (non-hydrogen) atoms. The van der Waals surface area contributed by atoms with Crippen LogP contribution < -0.4 is 10.2 Å². The predicted molar refractivity (Wildman–Crippen MR) is 83.1 cm³/mol. The molecule has 112 valence electrons. The lowest BCUT2D eigenvalue weighted by molar-refractivity contribution is 0.592. The van der Waals surface area contributed by atoms with Crippen molar-refractivity contribution >= 4 is 15.5 Å². The van der Waals surface area contributed by atoms with Crippen molar-refractivity contribution in [3.8, 4) is 0 Å². The molecule has 2 rings (SSSR count). The van der Waals surface area contributed by atoms with E-state index in [0.717, 1.165) is 31.7 Å². The Morgan fingerprint density at radius 1 is 1.30 bits per heavy atom. The van der Waals surface area contributed by atoms with E-state index in [-0.39, 0.29) is 5.75 Å². The molecule has 1 unspecified atom stereocenters. The molecule has 1 N–H and O–H groups in total. The van der Waals surface area contributed by atoms with Crippen LogP contribution in [-0.4, -0.2) is 39.8 Å². The van der Waals surface area contributed by atoms with Crippen LogP contribution in [0.1, 0.15) is 26.7 Å². The summed E-state index contributed by atoms with van der Waals surface area (Å²) in [6, 6.07) is 7.80. The molecule has 0 aromatic heterocycles. The first kappa shape index (κ1) is 15.3. The summed E-state index contributed by atoms with van der Waals surface area (Å²) in [4.78, 5) is 2.71. The smallest absolute Gasteiger partial charge is 0.180 e. The number of hydrogen-bond donors (Lipinski definition) is 1. The molecular weight excluding hydrogens is 272 g/mol. The van der Waals surface area contributed by atoms with Crippen molar-refractivity contribution in [2.75, 3.05) is 30.3 Å². The van der Waals surface area contributed by atoms with E-state index in [2.05, 4.69) is 17.1 Å². The van der Waals surface area contributed by atoms with E-state index in [0.29, 0.717) is 17.4 Å². The van der Waals surface area contributed by atoms with Gasteiger partial charge >= 0.3 is 0 Å². The standard InChI is InChI=1S/C15H24N2O2S/c1-3-11-20(18,19)15-8-6-5-7-14(15)17(4-2)13-9-10-16-12-13/h5-8,13,16H,3-4,9-12H2,1-2H3. The maximum atomic E-state index is 12.4. The average Bonchev–Trinajstić information content (AvgIpc) is 2.94. The van der Waals surface area contributed by atoms with Crippen LogP contribution in [-0.2, 0) is 9.84 Å². The van der Waals surface area contributed by atoms with Crippen LogP contribution in [0.3, 0.4) is 0 Å². The van der Waals surface area contributed by atoms with Gasteiger partial charge in [-0.2, -0.15) is 0 Å². The summed E-state index contributed by atoms with van der Waals surface area (Å²) >= 11 is 0. The first-order chi connectivity index (χ1) is 9.60. The van der Waals surface area contributed by atoms with Gasteiger partial charge in [-0.3, -0.25) is 0 Å². The minimum atomic E-state index is -3.19. The lowest BCUT2D eigenvalue weighted by Crippen LogP contribution is -2.37. The maximum Gasteiger partial charge on any atom is 0.180 e. The monoisotopic (exact) mass is 296 g/mol. The Balaban J connectivity index is 2.40. The number of rotatable bonds is 6. The van der Waals surface area contributed by atoms with Gasteiger partial charge in [-0.1, -0.05) is 19.1 Å². The SMILES string of the molecule is CCCS(=O)(=O)c1ccccc1N(CC)C1CCNC1. The molecular formula is C15H24N2O2S. The normalized spacial score (nSPS) is 19.2. The summed E-state index contributed by atoms with van der Waals surface area (Å²) in [7, 11) is -3.19. The molecule has 0 bridgehead atoms. The highest BCUT2D eigenvalue weighted by atomic mass is 32.2. The Hall–Kier alpha value is -1.07. The summed E-state index contributed by atoms with van der Waals surface area (Å²) in [6.45, 7) is 6.74. The third kappa shape index (κ3) is 3.15. The first-order valence-corrected chi connectivity index (χ1v) is 9.04. The van der Waals surface area contributed by atoms with Crippen LogP contribution in [0.5, 0.6) is 0 Å². The number of hydrogen-bond acceptors (Lipinski definition) is 4. The zero-order chi connectivity index (χ0) is 14.6. The summed E-state index contributed by atoms with van der Waals surface area (Å²) in [5.41, 5.74) is 0.858. The Morgan fingerprint density at radius 3 is 2.65 bits per heavy atom. The zero-order valence-electron chi connectivity index (χ0n) is 12.3. The van der Waals surface area contributed by atoms with Gasteiger partial charge in [0.1, 0.15) is 0 Å². The summed E-state index contributed by atoms with van der Waals surface area (Å²) in [5.74, 6) is 0.213. The van der Waals surface area contributed by atoms with E-state index in [1.54, 1.807) is 6.07 Å². The highest BCUT2D eigenvalue weighted by molar-refractivity contribution is 7.91. The van der Waals surface area contributed by atoms with E-state index in [1.807, 2.05) is 25.1 Å². The number of nitrogens with zero attached hydrogens (tertiary/aromatic N) is 1. The van der Waals surface area contributed by atoms with Gasteiger partial charge in [0.2, 0.25) is 0 Å². The predicted octanol–water partition coefficient (Wildman–Crippen LogP) is 2.06. The molecule has 0 radical (unpaired) electrons. The molecule has 1 saturated heterocycles. The van der Waals surface area contributed by atoms with Crippen molar-refractivity contribution in [2.24, 2.45) is 0 Å². The van der Waals surface area contributed by atoms with Gasteiger partial charge < -0.3 is 10.2 Å². The van der Waals surface area contributed by atoms with Crippen LogP contribution >= 0.6 is 0 Å². The average molecular weight is 296 g/mol. The quantitative estimate of drug-likeness (QED) is 0.873. The zero-order valence-corrected chi connectivity index (χ0v) is 13.1. The molecule has 1 fully saturated rings. The molecule has 0 saturated carbocycles. The van der Waals surface area contributed by atoms with Crippen molar-refractivity contribution < 1.29 is 8.42 Å². The van der Waals surface area contributed by atoms with Gasteiger partial charge in [0.25, 0.3) is 0 Å². The maximum absolute atomic E-state index is 12.4. The molecule has 0 aliphatic carbocycles. The van der Waals surface area contributed by atoms with E-state index in [9.17, 15) is 8.42 Å². The van der Waals surface area contributed by atoms with Crippen molar-refractivity contribution in [3.63, 3.8) is 0 Å². The topological polar surface area (TPSA) is 49.4 Å². The van der Waals surface area contributed by atoms with Gasteiger partial charge in [-0.05, 0) is 38.4 Å². The molecule has 1 aliphatic heterocycles. The van der Waals surface area contributed by atoms with Gasteiger partial charge in [0.15, 0.2) is 9.84 Å². The fourth-order valence-electron chi connectivity index (χ4n) is 2.87. The molecule has 1 aliphatic rings. The minimum Gasteiger partial charge on any atom is -0.366 e. The Labute approximate surface area is 122 Å². The van der Waals surface area contributed by atoms with Crippen molar-refractivity contribution in [2.45, 2.75) is 37.6 Å². The fourth-order valence-corrected chi connectivity index (χ4v) is 4.41. The number of likely N-dealkylation sites (N-methyl/N-ethyl adjacent to an activating group) is 1. The molecule has 0 amide bonds. The van der Waals surface area contributed by atoms with Gasteiger partial charge in [-0.25, -0.2) is 8.42 Å². The molecule has 1 aromatic carbocycles. The number of benzene rings is 1. The van der Waals surface area contributed by atoms with E-state index in [4.69, 9.17) is 0 Å². The second kappa shape index (κ2) is 6.59. The lowest BCUT2D eigenvalue weighted by Gasteiger charge is -2.31. The molecule has 4 nitrogen and oxygen atoms in total. The van der Waals surface area contributed by atoms with Crippen molar-refractivity contribution in [3.05, 3.63) is 24.3 Å². The fraction of sp³-hybridized carbons (Fsp3) is 0.600. The minimum absolute atomic E-state index is 0.213. The van der Waals surface area contributed by atoms with E-state index in [1.165, 1.54) is 0 Å². The lowest BCUT2D eigenvalue weighted by atomic mass is 10.2.